The van der Waals surface area contributed by atoms with Gasteiger partial charge in [0.15, 0.2) is 0 Å². The smallest absolute Gasteiger partial charge is 0.279 e. The summed E-state index contributed by atoms with van der Waals surface area (Å²) in [5.41, 5.74) is 0.924. The highest BCUT2D eigenvalue weighted by molar-refractivity contribution is 7.87. The zero-order valence-corrected chi connectivity index (χ0v) is 17.4. The number of morpholine rings is 2. The van der Waals surface area contributed by atoms with Crippen molar-refractivity contribution < 1.29 is 17.9 Å². The molecule has 2 aliphatic heterocycles. The summed E-state index contributed by atoms with van der Waals surface area (Å²) < 4.78 is 41.1. The summed E-state index contributed by atoms with van der Waals surface area (Å²) in [5.74, 6) is 0. The van der Waals surface area contributed by atoms with Gasteiger partial charge in [-0.05, 0) is 25.5 Å². The van der Waals surface area contributed by atoms with Crippen LogP contribution in [0.3, 0.4) is 0 Å². The van der Waals surface area contributed by atoms with Gasteiger partial charge in [-0.2, -0.15) is 12.7 Å². The van der Waals surface area contributed by atoms with Gasteiger partial charge in [-0.1, -0.05) is 29.8 Å². The summed E-state index contributed by atoms with van der Waals surface area (Å²) in [7, 11) is -3.60. The summed E-state index contributed by atoms with van der Waals surface area (Å²) in [5, 5.41) is 0.641. The van der Waals surface area contributed by atoms with Crippen LogP contribution in [-0.4, -0.2) is 75.8 Å². The summed E-state index contributed by atoms with van der Waals surface area (Å²) in [6.07, 6.45) is -0.243. The first-order valence-electron chi connectivity index (χ1n) is 9.33. The van der Waals surface area contributed by atoms with E-state index in [1.165, 1.54) is 4.31 Å². The maximum absolute atomic E-state index is 12.9. The molecule has 3 atom stereocenters. The van der Waals surface area contributed by atoms with E-state index in [1.54, 1.807) is 0 Å². The molecule has 3 rings (SSSR count). The lowest BCUT2D eigenvalue weighted by atomic mass is 10.0. The van der Waals surface area contributed by atoms with Crippen LogP contribution < -0.4 is 4.72 Å². The van der Waals surface area contributed by atoms with Crippen molar-refractivity contribution in [3.05, 3.63) is 34.9 Å². The number of benzene rings is 1. The molecule has 0 spiro atoms. The molecule has 7 nitrogen and oxygen atoms in total. The van der Waals surface area contributed by atoms with Crippen LogP contribution in [0.4, 0.5) is 0 Å². The van der Waals surface area contributed by atoms with Crippen molar-refractivity contribution in [1.29, 1.82) is 0 Å². The molecule has 1 aromatic carbocycles. The molecule has 27 heavy (non-hydrogen) atoms. The predicted octanol–water partition coefficient (Wildman–Crippen LogP) is 1.66. The Labute approximate surface area is 166 Å². The Hall–Kier alpha value is -0.740. The highest BCUT2D eigenvalue weighted by Crippen LogP contribution is 2.28. The fourth-order valence-electron chi connectivity index (χ4n) is 3.67. The van der Waals surface area contributed by atoms with Crippen LogP contribution in [0, 0.1) is 0 Å². The molecule has 0 unspecified atom stereocenters. The van der Waals surface area contributed by atoms with Crippen LogP contribution in [0.25, 0.3) is 0 Å². The molecule has 2 heterocycles. The summed E-state index contributed by atoms with van der Waals surface area (Å²) >= 11 is 6.41. The largest absolute Gasteiger partial charge is 0.379 e. The minimum absolute atomic E-state index is 0.121. The lowest BCUT2D eigenvalue weighted by Gasteiger charge is -2.37. The number of halogens is 1. The van der Waals surface area contributed by atoms with Crippen molar-refractivity contribution >= 4 is 21.8 Å². The molecule has 1 N–H and O–H groups in total. The lowest BCUT2D eigenvalue weighted by Crippen LogP contribution is -2.53. The van der Waals surface area contributed by atoms with Gasteiger partial charge in [0.25, 0.3) is 10.2 Å². The molecule has 9 heteroatoms. The van der Waals surface area contributed by atoms with E-state index in [2.05, 4.69) is 9.62 Å². The van der Waals surface area contributed by atoms with Crippen LogP contribution in [0.5, 0.6) is 0 Å². The Morgan fingerprint density at radius 3 is 2.44 bits per heavy atom. The molecule has 2 saturated heterocycles. The predicted molar refractivity (Wildman–Crippen MR) is 105 cm³/mol. The van der Waals surface area contributed by atoms with E-state index in [1.807, 2.05) is 38.1 Å². The number of hydrogen-bond acceptors (Lipinski definition) is 5. The number of nitrogens with one attached hydrogen (secondary N) is 1. The van der Waals surface area contributed by atoms with Gasteiger partial charge in [-0.25, -0.2) is 4.72 Å². The van der Waals surface area contributed by atoms with Gasteiger partial charge < -0.3 is 9.47 Å². The van der Waals surface area contributed by atoms with Crippen molar-refractivity contribution in [3.8, 4) is 0 Å². The molecule has 2 fully saturated rings. The first-order valence-corrected chi connectivity index (χ1v) is 11.1. The maximum Gasteiger partial charge on any atom is 0.279 e. The van der Waals surface area contributed by atoms with Gasteiger partial charge in [0.1, 0.15) is 0 Å². The minimum Gasteiger partial charge on any atom is -0.379 e. The lowest BCUT2D eigenvalue weighted by molar-refractivity contribution is -0.0444. The van der Waals surface area contributed by atoms with Crippen LogP contribution in [-0.2, 0) is 19.7 Å². The van der Waals surface area contributed by atoms with Gasteiger partial charge in [0.05, 0.1) is 31.5 Å². The van der Waals surface area contributed by atoms with Crippen LogP contribution in [0.15, 0.2) is 24.3 Å². The summed E-state index contributed by atoms with van der Waals surface area (Å²) in [4.78, 5) is 2.22. The molecule has 152 valence electrons. The molecule has 2 aliphatic rings. The number of hydrogen-bond donors (Lipinski definition) is 1. The second-order valence-electron chi connectivity index (χ2n) is 7.11. The fraction of sp³-hybridized carbons (Fsp3) is 0.667. The number of nitrogens with zero attached hydrogens (tertiary/aromatic N) is 2. The van der Waals surface area contributed by atoms with Crippen molar-refractivity contribution in [3.63, 3.8) is 0 Å². The van der Waals surface area contributed by atoms with Crippen molar-refractivity contribution in [2.24, 2.45) is 0 Å². The molecular weight excluding hydrogens is 390 g/mol. The Balaban J connectivity index is 1.75. The van der Waals surface area contributed by atoms with Gasteiger partial charge >= 0.3 is 0 Å². The molecule has 0 aromatic heterocycles. The highest BCUT2D eigenvalue weighted by Gasteiger charge is 2.32. The third-order valence-corrected chi connectivity index (χ3v) is 6.79. The SMILES string of the molecule is C[C@@H]1CN(S(=O)(=O)NC[C@@H](c2ccccc2Cl)N2CCOCC2)C[C@H](C)O1. The van der Waals surface area contributed by atoms with Crippen molar-refractivity contribution in [2.75, 3.05) is 45.9 Å². The number of rotatable bonds is 6. The standard InChI is InChI=1S/C18H28ClN3O4S/c1-14-12-22(13-15(2)26-14)27(23,24)20-11-18(21-7-9-25-10-8-21)16-5-3-4-6-17(16)19/h3-6,14-15,18,20H,7-13H2,1-2H3/t14-,15+,18-/m0/s1. The third kappa shape index (κ3) is 5.41. The average Bonchev–Trinajstić information content (AvgIpc) is 2.63. The first-order chi connectivity index (χ1) is 12.9. The average molecular weight is 418 g/mol. The van der Waals surface area contributed by atoms with E-state index in [0.29, 0.717) is 31.3 Å². The van der Waals surface area contributed by atoms with Crippen LogP contribution in [0.2, 0.25) is 5.02 Å². The molecule has 0 saturated carbocycles. The Kier molecular flexibility index (Phi) is 7.13. The highest BCUT2D eigenvalue weighted by atomic mass is 35.5. The zero-order chi connectivity index (χ0) is 19.4. The fourth-order valence-corrected chi connectivity index (χ4v) is 5.30. The van der Waals surface area contributed by atoms with Crippen molar-refractivity contribution in [2.45, 2.75) is 32.1 Å². The Bertz CT molecular complexity index is 717. The molecule has 0 radical (unpaired) electrons. The zero-order valence-electron chi connectivity index (χ0n) is 15.8. The quantitative estimate of drug-likeness (QED) is 0.762. The first kappa shape index (κ1) is 21.0. The van der Waals surface area contributed by atoms with Gasteiger partial charge in [0.2, 0.25) is 0 Å². The maximum atomic E-state index is 12.9. The molecule has 0 amide bonds. The van der Waals surface area contributed by atoms with Crippen molar-refractivity contribution in [1.82, 2.24) is 13.9 Å². The minimum atomic E-state index is -3.60. The van der Waals surface area contributed by atoms with E-state index >= 15 is 0 Å². The summed E-state index contributed by atoms with van der Waals surface area (Å²) in [6.45, 7) is 7.48. The normalized spacial score (nSPS) is 26.8. The molecule has 1 aromatic rings. The molecule has 0 aliphatic carbocycles. The Morgan fingerprint density at radius 1 is 1.19 bits per heavy atom. The van der Waals surface area contributed by atoms with E-state index in [9.17, 15) is 8.42 Å². The van der Waals surface area contributed by atoms with Gasteiger partial charge in [-0.3, -0.25) is 4.90 Å². The topological polar surface area (TPSA) is 71.1 Å². The van der Waals surface area contributed by atoms with E-state index in [-0.39, 0.29) is 24.8 Å². The van der Waals surface area contributed by atoms with Crippen LogP contribution in [0.1, 0.15) is 25.5 Å². The van der Waals surface area contributed by atoms with E-state index in [4.69, 9.17) is 21.1 Å². The second kappa shape index (κ2) is 9.17. The van der Waals surface area contributed by atoms with Crippen LogP contribution >= 0.6 is 11.6 Å². The molecular formula is C18H28ClN3O4S. The summed E-state index contributed by atoms with van der Waals surface area (Å²) in [6, 6.07) is 7.45. The Morgan fingerprint density at radius 2 is 1.81 bits per heavy atom. The van der Waals surface area contributed by atoms with E-state index in [0.717, 1.165) is 18.7 Å². The number of ether oxygens (including phenoxy) is 2. The molecule has 0 bridgehead atoms. The van der Waals surface area contributed by atoms with Gasteiger partial charge in [-0.15, -0.1) is 0 Å². The van der Waals surface area contributed by atoms with Gasteiger partial charge in [0, 0.05) is 37.7 Å². The monoisotopic (exact) mass is 417 g/mol. The van der Waals surface area contributed by atoms with E-state index < -0.39 is 10.2 Å². The third-order valence-electron chi connectivity index (χ3n) is 4.94. The second-order valence-corrected chi connectivity index (χ2v) is 9.28.